The van der Waals surface area contributed by atoms with Crippen molar-refractivity contribution in [3.63, 3.8) is 0 Å². The highest BCUT2D eigenvalue weighted by molar-refractivity contribution is 6.02. The highest BCUT2D eigenvalue weighted by Gasteiger charge is 2.26. The fraction of sp³-hybridized carbons (Fsp3) is 0.222. The van der Waals surface area contributed by atoms with Crippen molar-refractivity contribution in [3.05, 3.63) is 23.8 Å². The molecule has 0 fully saturated rings. The van der Waals surface area contributed by atoms with Gasteiger partial charge in [0, 0.05) is 5.69 Å². The van der Waals surface area contributed by atoms with Crippen molar-refractivity contribution in [2.24, 2.45) is 0 Å². The molecule has 0 aromatic heterocycles. The van der Waals surface area contributed by atoms with Crippen molar-refractivity contribution in [3.8, 4) is 5.75 Å². The second-order valence-electron chi connectivity index (χ2n) is 2.98. The summed E-state index contributed by atoms with van der Waals surface area (Å²) in [7, 11) is 0. The minimum Gasteiger partial charge on any atom is -0.508 e. The molecule has 0 radical (unpaired) electrons. The highest BCUT2D eigenvalue weighted by atomic mass is 16.3. The van der Waals surface area contributed by atoms with Crippen LogP contribution in [0.15, 0.2) is 18.2 Å². The van der Waals surface area contributed by atoms with Gasteiger partial charge in [-0.2, -0.15) is 0 Å². The second kappa shape index (κ2) is 2.24. The van der Waals surface area contributed by atoms with E-state index in [4.69, 9.17) is 5.11 Å². The Kier molecular flexibility index (Phi) is 1.33. The van der Waals surface area contributed by atoms with Crippen molar-refractivity contribution >= 4 is 11.6 Å². The molecule has 1 amide bonds. The Labute approximate surface area is 70.0 Å². The van der Waals surface area contributed by atoms with Crippen LogP contribution in [0, 0.1) is 0 Å². The van der Waals surface area contributed by atoms with Crippen LogP contribution in [0.4, 0.5) is 5.69 Å². The number of carbonyl (C=O) groups excluding carboxylic acids is 1. The maximum Gasteiger partial charge on any atom is 0.231 e. The van der Waals surface area contributed by atoms with Crippen LogP contribution < -0.4 is 5.32 Å². The smallest absolute Gasteiger partial charge is 0.231 e. The van der Waals surface area contributed by atoms with Gasteiger partial charge in [0.15, 0.2) is 0 Å². The van der Waals surface area contributed by atoms with Crippen molar-refractivity contribution in [1.82, 2.24) is 0 Å². The van der Waals surface area contributed by atoms with E-state index in [1.165, 1.54) is 0 Å². The third-order valence-corrected chi connectivity index (χ3v) is 2.15. The third-order valence-electron chi connectivity index (χ3n) is 2.15. The number of anilines is 1. The quantitative estimate of drug-likeness (QED) is 0.568. The summed E-state index contributed by atoms with van der Waals surface area (Å²) in [5.41, 5.74) is 1.69. The second-order valence-corrected chi connectivity index (χ2v) is 2.98. The minimum atomic E-state index is -0.146. The molecule has 1 atom stereocenters. The van der Waals surface area contributed by atoms with Gasteiger partial charge in [0.2, 0.25) is 5.91 Å². The van der Waals surface area contributed by atoms with Gasteiger partial charge in [-0.15, -0.1) is 0 Å². The first-order valence-electron chi connectivity index (χ1n) is 3.82. The molecule has 0 spiro atoms. The molecule has 0 bridgehead atoms. The normalized spacial score (nSPS) is 20.4. The predicted molar refractivity (Wildman–Crippen MR) is 45.2 cm³/mol. The number of hydrogen-bond donors (Lipinski definition) is 2. The van der Waals surface area contributed by atoms with Crippen LogP contribution in [0.2, 0.25) is 0 Å². The fourth-order valence-corrected chi connectivity index (χ4v) is 1.40. The number of hydrogen-bond acceptors (Lipinski definition) is 2. The highest BCUT2D eigenvalue weighted by Crippen LogP contribution is 2.34. The first-order chi connectivity index (χ1) is 5.68. The van der Waals surface area contributed by atoms with Crippen LogP contribution in [0.5, 0.6) is 5.75 Å². The molecular formula is C9H9NO2. The molecule has 0 unspecified atom stereocenters. The molecule has 0 saturated carbocycles. The molecule has 1 aromatic rings. The van der Waals surface area contributed by atoms with Crippen molar-refractivity contribution in [2.75, 3.05) is 5.32 Å². The number of rotatable bonds is 0. The minimum absolute atomic E-state index is 0.00407. The standard InChI is InChI=1S/C9H9NO2/c1-5-7-4-6(11)2-3-8(7)10-9(5)12/h2-5,11H,1H3,(H,10,12)/t5-/m0/s1. The van der Waals surface area contributed by atoms with Crippen LogP contribution in [0.3, 0.4) is 0 Å². The Hall–Kier alpha value is -1.51. The molecule has 1 aromatic carbocycles. The number of phenolic OH excluding ortho intramolecular Hbond substituents is 1. The Bertz CT molecular complexity index is 346. The summed E-state index contributed by atoms with van der Waals surface area (Å²) in [6.07, 6.45) is 0. The van der Waals surface area contributed by atoms with Gasteiger partial charge >= 0.3 is 0 Å². The summed E-state index contributed by atoms with van der Waals surface area (Å²) >= 11 is 0. The van der Waals surface area contributed by atoms with Crippen LogP contribution >= 0.6 is 0 Å². The van der Waals surface area contributed by atoms with Crippen LogP contribution in [-0.4, -0.2) is 11.0 Å². The maximum atomic E-state index is 11.1. The molecule has 1 aliphatic rings. The van der Waals surface area contributed by atoms with Crippen LogP contribution in [-0.2, 0) is 4.79 Å². The van der Waals surface area contributed by atoms with Crippen molar-refractivity contribution in [1.29, 1.82) is 0 Å². The Morgan fingerprint density at radius 2 is 2.25 bits per heavy atom. The number of benzene rings is 1. The molecular weight excluding hydrogens is 154 g/mol. The largest absolute Gasteiger partial charge is 0.508 e. The first-order valence-corrected chi connectivity index (χ1v) is 3.82. The SMILES string of the molecule is C[C@@H]1C(=O)Nc2ccc(O)cc21. The Balaban J connectivity index is 2.55. The van der Waals surface area contributed by atoms with Gasteiger partial charge in [0.05, 0.1) is 5.92 Å². The lowest BCUT2D eigenvalue weighted by Gasteiger charge is -2.00. The third kappa shape index (κ3) is 0.863. The Morgan fingerprint density at radius 1 is 1.50 bits per heavy atom. The van der Waals surface area contributed by atoms with E-state index < -0.39 is 0 Å². The topological polar surface area (TPSA) is 49.3 Å². The Morgan fingerprint density at radius 3 is 3.00 bits per heavy atom. The molecule has 62 valence electrons. The number of nitrogens with one attached hydrogen (secondary N) is 1. The summed E-state index contributed by atoms with van der Waals surface area (Å²) in [4.78, 5) is 11.1. The molecule has 12 heavy (non-hydrogen) atoms. The summed E-state index contributed by atoms with van der Waals surface area (Å²) in [5.74, 6) is 0.0554. The maximum absolute atomic E-state index is 11.1. The molecule has 1 heterocycles. The van der Waals surface area contributed by atoms with E-state index >= 15 is 0 Å². The first kappa shape index (κ1) is 7.16. The molecule has 3 heteroatoms. The molecule has 2 rings (SSSR count). The number of phenols is 1. The predicted octanol–water partition coefficient (Wildman–Crippen LogP) is 1.45. The van der Waals surface area contributed by atoms with E-state index in [0.717, 1.165) is 11.3 Å². The lowest BCUT2D eigenvalue weighted by molar-refractivity contribution is -0.116. The molecule has 3 nitrogen and oxygen atoms in total. The monoisotopic (exact) mass is 163 g/mol. The van der Waals surface area contributed by atoms with Crippen LogP contribution in [0.1, 0.15) is 18.4 Å². The lowest BCUT2D eigenvalue weighted by Crippen LogP contribution is -2.08. The van der Waals surface area contributed by atoms with Gasteiger partial charge < -0.3 is 10.4 Å². The van der Waals surface area contributed by atoms with Crippen molar-refractivity contribution < 1.29 is 9.90 Å². The number of aromatic hydroxyl groups is 1. The zero-order valence-electron chi connectivity index (χ0n) is 6.66. The van der Waals surface area contributed by atoms with Gasteiger partial charge in [-0.25, -0.2) is 0 Å². The van der Waals surface area contributed by atoms with E-state index in [0.29, 0.717) is 0 Å². The van der Waals surface area contributed by atoms with Gasteiger partial charge in [-0.1, -0.05) is 0 Å². The molecule has 0 aliphatic carbocycles. The van der Waals surface area contributed by atoms with Gasteiger partial charge in [-0.3, -0.25) is 4.79 Å². The molecule has 2 N–H and O–H groups in total. The van der Waals surface area contributed by atoms with Crippen molar-refractivity contribution in [2.45, 2.75) is 12.8 Å². The van der Waals surface area contributed by atoms with Gasteiger partial charge in [0.25, 0.3) is 0 Å². The number of amides is 1. The van der Waals surface area contributed by atoms with Gasteiger partial charge in [0.1, 0.15) is 5.75 Å². The number of fused-ring (bicyclic) bond motifs is 1. The summed E-state index contributed by atoms with van der Waals surface area (Å²) < 4.78 is 0. The summed E-state index contributed by atoms with van der Waals surface area (Å²) in [6, 6.07) is 4.90. The van der Waals surface area contributed by atoms with Crippen LogP contribution in [0.25, 0.3) is 0 Å². The zero-order chi connectivity index (χ0) is 8.72. The van der Waals surface area contributed by atoms with E-state index in [9.17, 15) is 4.79 Å². The van der Waals surface area contributed by atoms with E-state index in [-0.39, 0.29) is 17.6 Å². The molecule has 0 saturated heterocycles. The van der Waals surface area contributed by atoms with E-state index in [1.807, 2.05) is 6.92 Å². The van der Waals surface area contributed by atoms with E-state index in [1.54, 1.807) is 18.2 Å². The zero-order valence-corrected chi connectivity index (χ0v) is 6.66. The molecule has 1 aliphatic heterocycles. The summed E-state index contributed by atoms with van der Waals surface area (Å²) in [6.45, 7) is 1.82. The fourth-order valence-electron chi connectivity index (χ4n) is 1.40. The average molecular weight is 163 g/mol. The summed E-state index contributed by atoms with van der Waals surface area (Å²) in [5, 5.41) is 11.9. The van der Waals surface area contributed by atoms with E-state index in [2.05, 4.69) is 5.32 Å². The number of carbonyl (C=O) groups is 1. The lowest BCUT2D eigenvalue weighted by atomic mass is 10.0. The average Bonchev–Trinajstić information content (AvgIpc) is 2.31. The van der Waals surface area contributed by atoms with Gasteiger partial charge in [-0.05, 0) is 30.7 Å².